The van der Waals surface area contributed by atoms with Crippen molar-refractivity contribution in [2.45, 2.75) is 44.2 Å². The summed E-state index contributed by atoms with van der Waals surface area (Å²) >= 11 is 0. The van der Waals surface area contributed by atoms with Crippen molar-refractivity contribution < 1.29 is 27.9 Å². The van der Waals surface area contributed by atoms with E-state index < -0.39 is 27.6 Å². The summed E-state index contributed by atoms with van der Waals surface area (Å²) in [5, 5.41) is 8.86. The number of rotatable bonds is 4. The molecule has 0 saturated heterocycles. The molecule has 1 amide bonds. The Hall–Kier alpha value is -2.13. The van der Waals surface area contributed by atoms with Crippen molar-refractivity contribution in [3.05, 3.63) is 18.2 Å². The van der Waals surface area contributed by atoms with E-state index >= 15 is 0 Å². The van der Waals surface area contributed by atoms with E-state index in [0.29, 0.717) is 11.4 Å². The SMILES string of the molecule is CC(=O)N1CC(C)(C)Oc2ccc(S(=O)(=O)NC(C)C(=O)O)cc21. The van der Waals surface area contributed by atoms with Gasteiger partial charge >= 0.3 is 5.97 Å². The summed E-state index contributed by atoms with van der Waals surface area (Å²) < 4.78 is 32.5. The maximum atomic E-state index is 12.3. The molecular weight excluding hydrogens is 336 g/mol. The molecule has 0 radical (unpaired) electrons. The molecular formula is C15H20N2O6S. The van der Waals surface area contributed by atoms with Gasteiger partial charge in [0.15, 0.2) is 0 Å². The molecule has 0 spiro atoms. The van der Waals surface area contributed by atoms with E-state index in [0.717, 1.165) is 0 Å². The Kier molecular flexibility index (Phi) is 4.60. The van der Waals surface area contributed by atoms with E-state index in [1.54, 1.807) is 0 Å². The van der Waals surface area contributed by atoms with Crippen LogP contribution in [-0.2, 0) is 19.6 Å². The molecule has 0 saturated carbocycles. The van der Waals surface area contributed by atoms with Gasteiger partial charge in [-0.2, -0.15) is 4.72 Å². The quantitative estimate of drug-likeness (QED) is 0.831. The van der Waals surface area contributed by atoms with Crippen molar-refractivity contribution in [3.63, 3.8) is 0 Å². The summed E-state index contributed by atoms with van der Waals surface area (Å²) in [4.78, 5) is 24.1. The monoisotopic (exact) mass is 356 g/mol. The van der Waals surface area contributed by atoms with Crippen molar-refractivity contribution in [1.82, 2.24) is 4.72 Å². The van der Waals surface area contributed by atoms with Crippen LogP contribution in [0.2, 0.25) is 0 Å². The highest BCUT2D eigenvalue weighted by Gasteiger charge is 2.34. The standard InChI is InChI=1S/C15H20N2O6S/c1-9(14(19)20)16-24(21,22)11-5-6-13-12(7-11)17(10(2)18)8-15(3,4)23-13/h5-7,9,16H,8H2,1-4H3,(H,19,20). The average molecular weight is 356 g/mol. The Balaban J connectivity index is 2.45. The Morgan fingerprint density at radius 3 is 2.54 bits per heavy atom. The highest BCUT2D eigenvalue weighted by Crippen LogP contribution is 2.38. The van der Waals surface area contributed by atoms with Gasteiger partial charge in [-0.05, 0) is 39.0 Å². The molecule has 1 unspecified atom stereocenters. The smallest absolute Gasteiger partial charge is 0.321 e. The lowest BCUT2D eigenvalue weighted by molar-refractivity contribution is -0.138. The number of aliphatic carboxylic acids is 1. The molecule has 1 heterocycles. The number of sulfonamides is 1. The molecule has 1 aliphatic heterocycles. The molecule has 1 aromatic rings. The van der Waals surface area contributed by atoms with Crippen molar-refractivity contribution in [1.29, 1.82) is 0 Å². The molecule has 0 fully saturated rings. The second-order valence-corrected chi connectivity index (χ2v) is 7.99. The third kappa shape index (κ3) is 3.68. The molecule has 9 heteroatoms. The molecule has 2 N–H and O–H groups in total. The highest BCUT2D eigenvalue weighted by atomic mass is 32.2. The topological polar surface area (TPSA) is 113 Å². The molecule has 1 aromatic carbocycles. The minimum absolute atomic E-state index is 0.135. The molecule has 1 atom stereocenters. The van der Waals surface area contributed by atoms with E-state index in [1.807, 2.05) is 13.8 Å². The number of hydrogen-bond acceptors (Lipinski definition) is 5. The second-order valence-electron chi connectivity index (χ2n) is 6.28. The van der Waals surface area contributed by atoms with E-state index in [9.17, 15) is 18.0 Å². The van der Waals surface area contributed by atoms with Crippen LogP contribution < -0.4 is 14.4 Å². The zero-order valence-electron chi connectivity index (χ0n) is 13.9. The third-order valence-electron chi connectivity index (χ3n) is 3.54. The lowest BCUT2D eigenvalue weighted by Gasteiger charge is -2.39. The van der Waals surface area contributed by atoms with Crippen LogP contribution in [0, 0.1) is 0 Å². The van der Waals surface area contributed by atoms with Gasteiger partial charge in [-0.15, -0.1) is 0 Å². The first-order valence-corrected chi connectivity index (χ1v) is 8.77. The molecule has 0 bridgehead atoms. The molecule has 0 aromatic heterocycles. The predicted octanol–water partition coefficient (Wildman–Crippen LogP) is 0.962. The maximum absolute atomic E-state index is 12.3. The van der Waals surface area contributed by atoms with Gasteiger partial charge in [-0.25, -0.2) is 8.42 Å². The molecule has 24 heavy (non-hydrogen) atoms. The van der Waals surface area contributed by atoms with Crippen LogP contribution in [0.25, 0.3) is 0 Å². The molecule has 8 nitrogen and oxygen atoms in total. The Labute approximate surface area is 140 Å². The summed E-state index contributed by atoms with van der Waals surface area (Å²) in [6.45, 7) is 6.54. The van der Waals surface area contributed by atoms with E-state index in [2.05, 4.69) is 4.72 Å². The van der Waals surface area contributed by atoms with Gasteiger partial charge in [0.2, 0.25) is 15.9 Å². The van der Waals surface area contributed by atoms with Crippen molar-refractivity contribution in [2.75, 3.05) is 11.4 Å². The lowest BCUT2D eigenvalue weighted by Crippen LogP contribution is -2.48. The summed E-state index contributed by atoms with van der Waals surface area (Å²) in [5.74, 6) is -1.13. The largest absolute Gasteiger partial charge is 0.484 e. The Bertz CT molecular complexity index is 787. The molecule has 1 aliphatic rings. The zero-order chi connectivity index (χ0) is 18.3. The fourth-order valence-electron chi connectivity index (χ4n) is 2.39. The normalized spacial score (nSPS) is 17.6. The number of carboxylic acids is 1. The van der Waals surface area contributed by atoms with Crippen LogP contribution in [-0.4, -0.2) is 43.6 Å². The number of fused-ring (bicyclic) bond motifs is 1. The van der Waals surface area contributed by atoms with Crippen molar-refractivity contribution in [3.8, 4) is 5.75 Å². The summed E-state index contributed by atoms with van der Waals surface area (Å²) in [6, 6.07) is 2.81. The van der Waals surface area contributed by atoms with Gasteiger partial charge < -0.3 is 14.7 Å². The van der Waals surface area contributed by atoms with Gasteiger partial charge in [0.1, 0.15) is 17.4 Å². The number of ether oxygens (including phenoxy) is 1. The first kappa shape index (κ1) is 18.2. The minimum Gasteiger partial charge on any atom is -0.484 e. The number of nitrogens with one attached hydrogen (secondary N) is 1. The Morgan fingerprint density at radius 1 is 1.38 bits per heavy atom. The van der Waals surface area contributed by atoms with Crippen LogP contribution in [0.15, 0.2) is 23.1 Å². The number of nitrogens with zero attached hydrogens (tertiary/aromatic N) is 1. The van der Waals surface area contributed by atoms with Gasteiger partial charge in [0.05, 0.1) is 17.1 Å². The van der Waals surface area contributed by atoms with Crippen LogP contribution in [0.3, 0.4) is 0 Å². The van der Waals surface area contributed by atoms with Gasteiger partial charge in [0, 0.05) is 6.92 Å². The van der Waals surface area contributed by atoms with E-state index in [4.69, 9.17) is 9.84 Å². The number of carbonyl (C=O) groups is 2. The van der Waals surface area contributed by atoms with Crippen LogP contribution >= 0.6 is 0 Å². The summed E-state index contributed by atoms with van der Waals surface area (Å²) in [7, 11) is -4.04. The molecule has 2 rings (SSSR count). The maximum Gasteiger partial charge on any atom is 0.321 e. The van der Waals surface area contributed by atoms with Crippen LogP contribution in [0.1, 0.15) is 27.7 Å². The van der Waals surface area contributed by atoms with Gasteiger partial charge in [0.25, 0.3) is 0 Å². The van der Waals surface area contributed by atoms with Crippen LogP contribution in [0.5, 0.6) is 5.75 Å². The Morgan fingerprint density at radius 2 is 2.00 bits per heavy atom. The van der Waals surface area contributed by atoms with E-state index in [1.165, 1.54) is 36.9 Å². The number of amides is 1. The number of benzene rings is 1. The fraction of sp³-hybridized carbons (Fsp3) is 0.467. The van der Waals surface area contributed by atoms with Crippen LogP contribution in [0.4, 0.5) is 5.69 Å². The number of anilines is 1. The number of carbonyl (C=O) groups excluding carboxylic acids is 1. The molecule has 132 valence electrons. The minimum atomic E-state index is -4.04. The summed E-state index contributed by atoms with van der Waals surface area (Å²) in [5.41, 5.74) is -0.262. The van der Waals surface area contributed by atoms with Crippen molar-refractivity contribution in [2.24, 2.45) is 0 Å². The number of carboxylic acid groups (broad SMARTS) is 1. The number of hydrogen-bond donors (Lipinski definition) is 2. The van der Waals surface area contributed by atoms with Gasteiger partial charge in [-0.3, -0.25) is 9.59 Å². The lowest BCUT2D eigenvalue weighted by atomic mass is 10.1. The first-order valence-electron chi connectivity index (χ1n) is 7.29. The predicted molar refractivity (Wildman–Crippen MR) is 86.6 cm³/mol. The summed E-state index contributed by atoms with van der Waals surface area (Å²) in [6.07, 6.45) is 0. The second kappa shape index (κ2) is 6.06. The first-order chi connectivity index (χ1) is 10.9. The zero-order valence-corrected chi connectivity index (χ0v) is 14.7. The van der Waals surface area contributed by atoms with Crippen molar-refractivity contribution >= 4 is 27.6 Å². The molecule has 0 aliphatic carbocycles. The highest BCUT2D eigenvalue weighted by molar-refractivity contribution is 7.89. The third-order valence-corrected chi connectivity index (χ3v) is 5.08. The fourth-order valence-corrected chi connectivity index (χ4v) is 3.61. The average Bonchev–Trinajstić information content (AvgIpc) is 2.44. The van der Waals surface area contributed by atoms with Gasteiger partial charge in [-0.1, -0.05) is 0 Å². The van der Waals surface area contributed by atoms with E-state index in [-0.39, 0.29) is 17.3 Å².